The smallest absolute Gasteiger partial charge is 0.208 e. The van der Waals surface area contributed by atoms with E-state index >= 15 is 0 Å². The Labute approximate surface area is 96.2 Å². The van der Waals surface area contributed by atoms with Crippen LogP contribution in [0.2, 0.25) is 0 Å². The molecule has 0 aliphatic carbocycles. The highest BCUT2D eigenvalue weighted by Gasteiger charge is 2.27. The zero-order valence-electron chi connectivity index (χ0n) is 6.04. The van der Waals surface area contributed by atoms with Crippen molar-refractivity contribution >= 4 is 58.0 Å². The van der Waals surface area contributed by atoms with Gasteiger partial charge in [-0.25, -0.2) is 4.39 Å². The third-order valence-corrected chi connectivity index (χ3v) is 2.64. The molecule has 0 saturated carbocycles. The van der Waals surface area contributed by atoms with E-state index in [1.807, 2.05) is 0 Å². The van der Waals surface area contributed by atoms with Crippen molar-refractivity contribution in [1.82, 2.24) is 0 Å². The maximum atomic E-state index is 12.6. The molecule has 0 amide bonds. The first-order valence-corrected chi connectivity index (χ1v) is 5.42. The Balaban J connectivity index is 3.66. The summed E-state index contributed by atoms with van der Waals surface area (Å²) in [6.07, 6.45) is 0.232. The van der Waals surface area contributed by atoms with Gasteiger partial charge in [0.05, 0.1) is 0 Å². The molecule has 0 saturated heterocycles. The van der Waals surface area contributed by atoms with Crippen molar-refractivity contribution in [2.45, 2.75) is 28.2 Å². The molecule has 0 nitrogen and oxygen atoms in total. The second-order valence-electron chi connectivity index (χ2n) is 2.40. The number of alkyl halides is 6. The molecule has 0 bridgehead atoms. The summed E-state index contributed by atoms with van der Waals surface area (Å²) in [5.74, 6) is 0.272. The fourth-order valence-electron chi connectivity index (χ4n) is 0.675. The van der Waals surface area contributed by atoms with E-state index in [1.165, 1.54) is 0 Å². The van der Waals surface area contributed by atoms with Crippen molar-refractivity contribution in [2.75, 3.05) is 5.88 Å². The van der Waals surface area contributed by atoms with Crippen molar-refractivity contribution in [1.29, 1.82) is 0 Å². The minimum atomic E-state index is -2.28. The van der Waals surface area contributed by atoms with E-state index in [-0.39, 0.29) is 17.7 Å². The van der Waals surface area contributed by atoms with Crippen LogP contribution in [0.1, 0.15) is 12.8 Å². The van der Waals surface area contributed by atoms with Gasteiger partial charge in [0.1, 0.15) is 0 Å². The van der Waals surface area contributed by atoms with Crippen LogP contribution in [0.4, 0.5) is 4.39 Å². The summed E-state index contributed by atoms with van der Waals surface area (Å²) in [6.45, 7) is 0. The fourth-order valence-corrected chi connectivity index (χ4v) is 2.07. The molecule has 0 N–H and O–H groups in total. The van der Waals surface area contributed by atoms with Crippen LogP contribution >= 0.6 is 58.0 Å². The molecule has 2 atom stereocenters. The normalized spacial score (nSPS) is 17.5. The zero-order chi connectivity index (χ0) is 9.78. The topological polar surface area (TPSA) is 0 Å². The number of halogens is 6. The van der Waals surface area contributed by atoms with E-state index in [1.54, 1.807) is 0 Å². The van der Waals surface area contributed by atoms with E-state index in [2.05, 4.69) is 0 Å². The third-order valence-electron chi connectivity index (χ3n) is 1.13. The lowest BCUT2D eigenvalue weighted by atomic mass is 10.2. The SMILES string of the molecule is FC(Cl)(Cl)CC(Cl)CC(Cl)CCl. The second kappa shape index (κ2) is 5.98. The van der Waals surface area contributed by atoms with E-state index < -0.39 is 9.96 Å². The van der Waals surface area contributed by atoms with Gasteiger partial charge in [-0.05, 0) is 6.42 Å². The lowest BCUT2D eigenvalue weighted by Gasteiger charge is -2.15. The van der Waals surface area contributed by atoms with E-state index in [0.29, 0.717) is 6.42 Å². The number of hydrogen-bond acceptors (Lipinski definition) is 0. The lowest BCUT2D eigenvalue weighted by molar-refractivity contribution is 0.362. The molecule has 6 heteroatoms. The van der Waals surface area contributed by atoms with Crippen molar-refractivity contribution < 1.29 is 4.39 Å². The maximum Gasteiger partial charge on any atom is 0.258 e. The molecule has 74 valence electrons. The Kier molecular flexibility index (Phi) is 6.66. The van der Waals surface area contributed by atoms with Gasteiger partial charge in [0.2, 0.25) is 0 Å². The van der Waals surface area contributed by atoms with Crippen LogP contribution < -0.4 is 0 Å². The molecular formula is C6H8Cl5F. The molecule has 0 aromatic heterocycles. The average Bonchev–Trinajstić information content (AvgIpc) is 1.82. The fraction of sp³-hybridized carbons (Fsp3) is 1.00. The van der Waals surface area contributed by atoms with Gasteiger partial charge in [-0.15, -0.1) is 34.8 Å². The minimum absolute atomic E-state index is 0.155. The van der Waals surface area contributed by atoms with E-state index in [0.717, 1.165) is 0 Å². The molecular weight excluding hydrogens is 268 g/mol. The van der Waals surface area contributed by atoms with Gasteiger partial charge in [0.15, 0.2) is 0 Å². The monoisotopic (exact) mass is 274 g/mol. The standard InChI is InChI=1S/C6H8Cl5F/c7-3-5(9)1-4(8)2-6(10,11)12/h4-5H,1-3H2. The van der Waals surface area contributed by atoms with Crippen LogP contribution in [-0.2, 0) is 0 Å². The Hall–Kier alpha value is 1.38. The van der Waals surface area contributed by atoms with Gasteiger partial charge in [-0.3, -0.25) is 0 Å². The maximum absolute atomic E-state index is 12.6. The first-order valence-electron chi connectivity index (χ1n) is 3.26. The van der Waals surface area contributed by atoms with Gasteiger partial charge in [0.25, 0.3) is 4.59 Å². The molecule has 0 rings (SSSR count). The number of hydrogen-bond donors (Lipinski definition) is 0. The average molecular weight is 276 g/mol. The van der Waals surface area contributed by atoms with Gasteiger partial charge in [0, 0.05) is 23.1 Å². The van der Waals surface area contributed by atoms with Crippen LogP contribution in [0.15, 0.2) is 0 Å². The quantitative estimate of drug-likeness (QED) is 0.656. The van der Waals surface area contributed by atoms with Crippen LogP contribution in [0.5, 0.6) is 0 Å². The molecule has 0 spiro atoms. The summed E-state index contributed by atoms with van der Waals surface area (Å²) in [5.41, 5.74) is 0. The van der Waals surface area contributed by atoms with Crippen LogP contribution in [0.3, 0.4) is 0 Å². The Morgan fingerprint density at radius 3 is 2.00 bits per heavy atom. The van der Waals surface area contributed by atoms with Gasteiger partial charge in [-0.2, -0.15) is 0 Å². The molecule has 0 radical (unpaired) electrons. The zero-order valence-corrected chi connectivity index (χ0v) is 9.82. The van der Waals surface area contributed by atoms with Gasteiger partial charge < -0.3 is 0 Å². The second-order valence-corrected chi connectivity index (χ2v) is 5.34. The summed E-state index contributed by atoms with van der Waals surface area (Å²) < 4.78 is 10.3. The molecule has 0 aromatic carbocycles. The van der Waals surface area contributed by atoms with Crippen molar-refractivity contribution in [3.8, 4) is 0 Å². The third kappa shape index (κ3) is 8.00. The Morgan fingerprint density at radius 2 is 1.67 bits per heavy atom. The van der Waals surface area contributed by atoms with Crippen LogP contribution in [0.25, 0.3) is 0 Å². The van der Waals surface area contributed by atoms with Gasteiger partial charge in [-0.1, -0.05) is 23.2 Å². The van der Waals surface area contributed by atoms with Gasteiger partial charge >= 0.3 is 0 Å². The molecule has 2 unspecified atom stereocenters. The van der Waals surface area contributed by atoms with Crippen molar-refractivity contribution in [3.63, 3.8) is 0 Å². The van der Waals surface area contributed by atoms with Crippen molar-refractivity contribution in [3.05, 3.63) is 0 Å². The minimum Gasteiger partial charge on any atom is -0.208 e. The summed E-state index contributed by atoms with van der Waals surface area (Å²) >= 11 is 27.0. The van der Waals surface area contributed by atoms with Crippen LogP contribution in [0, 0.1) is 0 Å². The molecule has 0 fully saturated rings. The highest BCUT2D eigenvalue weighted by Crippen LogP contribution is 2.32. The summed E-state index contributed by atoms with van der Waals surface area (Å²) in [6, 6.07) is 0. The highest BCUT2D eigenvalue weighted by atomic mass is 35.5. The first kappa shape index (κ1) is 13.4. The lowest BCUT2D eigenvalue weighted by Crippen LogP contribution is -2.17. The van der Waals surface area contributed by atoms with Crippen LogP contribution in [-0.4, -0.2) is 21.2 Å². The highest BCUT2D eigenvalue weighted by molar-refractivity contribution is 6.47. The summed E-state index contributed by atoms with van der Waals surface area (Å²) in [4.78, 5) is 0. The molecule has 0 aromatic rings. The molecule has 12 heavy (non-hydrogen) atoms. The largest absolute Gasteiger partial charge is 0.258 e. The first-order chi connectivity index (χ1) is 5.35. The Bertz CT molecular complexity index is 124. The summed E-state index contributed by atoms with van der Waals surface area (Å²) in [5, 5.41) is -0.768. The Morgan fingerprint density at radius 1 is 1.17 bits per heavy atom. The predicted molar refractivity (Wildman–Crippen MR) is 54.8 cm³/mol. The summed E-state index contributed by atoms with van der Waals surface area (Å²) in [7, 11) is 0. The molecule has 0 heterocycles. The predicted octanol–water partition coefficient (Wildman–Crippen LogP) is 4.32. The molecule has 0 aliphatic rings. The van der Waals surface area contributed by atoms with Crippen molar-refractivity contribution in [2.24, 2.45) is 0 Å². The number of rotatable bonds is 5. The van der Waals surface area contributed by atoms with E-state index in [4.69, 9.17) is 58.0 Å². The van der Waals surface area contributed by atoms with E-state index in [9.17, 15) is 4.39 Å². The molecule has 0 aliphatic heterocycles.